The van der Waals surface area contributed by atoms with E-state index in [0.717, 1.165) is 41.4 Å². The molecule has 0 saturated heterocycles. The number of rotatable bonds is 8. The Balaban J connectivity index is 0.00000261. The zero-order chi connectivity index (χ0) is 18.4. The predicted molar refractivity (Wildman–Crippen MR) is 109 cm³/mol. The van der Waals surface area contributed by atoms with Crippen molar-refractivity contribution in [2.24, 2.45) is 5.10 Å². The molecule has 0 amide bonds. The standard InChI is InChI=1S/C20H25N5O.H2/c1-4-24(10-11-26-3)20-14-18(13-19-12-16(2)23-25(19)20)22-21-15-17-8-6-5-7-9-17;/h5-9,12-15,22H,4,10-11H2,1-3H3;1H/b21-15+;. The van der Waals surface area contributed by atoms with Crippen LogP contribution in [0, 0.1) is 6.92 Å². The minimum Gasteiger partial charge on any atom is -0.383 e. The summed E-state index contributed by atoms with van der Waals surface area (Å²) in [5, 5.41) is 8.99. The molecule has 0 aliphatic heterocycles. The topological polar surface area (TPSA) is 54.2 Å². The Labute approximate surface area is 155 Å². The third kappa shape index (κ3) is 4.21. The molecule has 6 nitrogen and oxygen atoms in total. The highest BCUT2D eigenvalue weighted by molar-refractivity contribution is 5.80. The van der Waals surface area contributed by atoms with Crippen molar-refractivity contribution < 1.29 is 6.16 Å². The van der Waals surface area contributed by atoms with E-state index >= 15 is 0 Å². The van der Waals surface area contributed by atoms with Crippen LogP contribution in [0.1, 0.15) is 19.6 Å². The molecule has 138 valence electrons. The number of likely N-dealkylation sites (N-methyl/N-ethyl adjacent to an activating group) is 1. The van der Waals surface area contributed by atoms with Crippen LogP contribution in [0.25, 0.3) is 5.52 Å². The summed E-state index contributed by atoms with van der Waals surface area (Å²) < 4.78 is 7.22. The molecule has 2 heterocycles. The van der Waals surface area contributed by atoms with E-state index in [4.69, 9.17) is 4.74 Å². The minimum absolute atomic E-state index is 0. The number of nitrogens with one attached hydrogen (secondary N) is 1. The summed E-state index contributed by atoms with van der Waals surface area (Å²) in [5.74, 6) is 1.02. The van der Waals surface area contributed by atoms with E-state index in [1.54, 1.807) is 7.11 Å². The van der Waals surface area contributed by atoms with Crippen molar-refractivity contribution in [3.63, 3.8) is 0 Å². The number of benzene rings is 1. The fraction of sp³-hybridized carbons (Fsp3) is 0.300. The molecule has 26 heavy (non-hydrogen) atoms. The van der Waals surface area contributed by atoms with E-state index in [1.165, 1.54) is 0 Å². The van der Waals surface area contributed by atoms with Crippen molar-refractivity contribution >= 4 is 23.2 Å². The Morgan fingerprint density at radius 2 is 2.08 bits per heavy atom. The van der Waals surface area contributed by atoms with Gasteiger partial charge in [0.2, 0.25) is 0 Å². The second-order valence-corrected chi connectivity index (χ2v) is 6.08. The molecule has 0 atom stereocenters. The second-order valence-electron chi connectivity index (χ2n) is 6.08. The normalized spacial score (nSPS) is 11.3. The highest BCUT2D eigenvalue weighted by Crippen LogP contribution is 2.23. The first-order chi connectivity index (χ1) is 12.7. The van der Waals surface area contributed by atoms with E-state index in [9.17, 15) is 0 Å². The molecule has 0 saturated carbocycles. The Morgan fingerprint density at radius 3 is 2.81 bits per heavy atom. The molecule has 0 unspecified atom stereocenters. The SMILES string of the molecule is CCN(CCOC)c1cc(N/N=C/c2ccccc2)cc2cc(C)nn12.[HH]. The van der Waals surface area contributed by atoms with Crippen LogP contribution in [0.4, 0.5) is 11.5 Å². The molecular weight excluding hydrogens is 326 g/mol. The quantitative estimate of drug-likeness (QED) is 0.494. The van der Waals surface area contributed by atoms with Gasteiger partial charge in [-0.15, -0.1) is 0 Å². The van der Waals surface area contributed by atoms with Crippen molar-refractivity contribution in [1.29, 1.82) is 0 Å². The van der Waals surface area contributed by atoms with Crippen molar-refractivity contribution in [2.75, 3.05) is 37.1 Å². The van der Waals surface area contributed by atoms with Gasteiger partial charge in [-0.1, -0.05) is 30.3 Å². The van der Waals surface area contributed by atoms with Crippen LogP contribution >= 0.6 is 0 Å². The van der Waals surface area contributed by atoms with Crippen LogP contribution < -0.4 is 10.3 Å². The summed E-state index contributed by atoms with van der Waals surface area (Å²) >= 11 is 0. The van der Waals surface area contributed by atoms with Gasteiger partial charge < -0.3 is 9.64 Å². The monoisotopic (exact) mass is 353 g/mol. The first kappa shape index (κ1) is 17.9. The molecule has 1 aromatic carbocycles. The molecule has 3 aromatic rings. The molecule has 0 fully saturated rings. The van der Waals surface area contributed by atoms with Gasteiger partial charge in [0.25, 0.3) is 0 Å². The van der Waals surface area contributed by atoms with Gasteiger partial charge >= 0.3 is 0 Å². The maximum Gasteiger partial charge on any atom is 0.132 e. The van der Waals surface area contributed by atoms with Gasteiger partial charge in [0, 0.05) is 27.7 Å². The molecule has 3 rings (SSSR count). The maximum atomic E-state index is 5.25. The number of pyridine rings is 1. The molecule has 0 aliphatic rings. The number of nitrogens with zero attached hydrogens (tertiary/aromatic N) is 4. The number of methoxy groups -OCH3 is 1. The first-order valence-corrected chi connectivity index (χ1v) is 8.79. The van der Waals surface area contributed by atoms with Gasteiger partial charge in [0.1, 0.15) is 5.82 Å². The highest BCUT2D eigenvalue weighted by atomic mass is 16.5. The van der Waals surface area contributed by atoms with Crippen LogP contribution in [0.15, 0.2) is 53.6 Å². The van der Waals surface area contributed by atoms with E-state index in [2.05, 4.69) is 45.6 Å². The van der Waals surface area contributed by atoms with Gasteiger partial charge in [0.15, 0.2) is 0 Å². The maximum absolute atomic E-state index is 5.25. The number of anilines is 2. The van der Waals surface area contributed by atoms with Gasteiger partial charge in [-0.25, -0.2) is 4.52 Å². The summed E-state index contributed by atoms with van der Waals surface area (Å²) in [6.45, 7) is 6.47. The Hall–Kier alpha value is -2.86. The van der Waals surface area contributed by atoms with Gasteiger partial charge in [-0.3, -0.25) is 5.43 Å². The van der Waals surface area contributed by atoms with E-state index in [-0.39, 0.29) is 1.43 Å². The Morgan fingerprint density at radius 1 is 1.27 bits per heavy atom. The Bertz CT molecular complexity index is 879. The lowest BCUT2D eigenvalue weighted by molar-refractivity contribution is 0.205. The van der Waals surface area contributed by atoms with E-state index in [0.29, 0.717) is 6.61 Å². The smallest absolute Gasteiger partial charge is 0.132 e. The number of hydrazone groups is 1. The zero-order valence-electron chi connectivity index (χ0n) is 15.5. The first-order valence-electron chi connectivity index (χ1n) is 8.79. The van der Waals surface area contributed by atoms with Crippen LogP contribution in [-0.4, -0.2) is 42.6 Å². The lowest BCUT2D eigenvalue weighted by Crippen LogP contribution is -2.28. The predicted octanol–water partition coefficient (Wildman–Crippen LogP) is 3.81. The zero-order valence-corrected chi connectivity index (χ0v) is 15.5. The number of aryl methyl sites for hydroxylation is 1. The number of hydrogen-bond donors (Lipinski definition) is 1. The van der Waals surface area contributed by atoms with E-state index < -0.39 is 0 Å². The van der Waals surface area contributed by atoms with Crippen molar-refractivity contribution in [3.8, 4) is 0 Å². The molecule has 0 bridgehead atoms. The summed E-state index contributed by atoms with van der Waals surface area (Å²) in [6, 6.07) is 16.2. The fourth-order valence-electron chi connectivity index (χ4n) is 2.85. The van der Waals surface area contributed by atoms with Crippen LogP contribution in [0.3, 0.4) is 0 Å². The number of aromatic nitrogens is 2. The molecule has 0 spiro atoms. The molecule has 0 aliphatic carbocycles. The van der Waals surface area contributed by atoms with Gasteiger partial charge in [-0.05, 0) is 31.5 Å². The summed E-state index contributed by atoms with van der Waals surface area (Å²) in [7, 11) is 1.72. The molecular formula is C20H27N5O. The van der Waals surface area contributed by atoms with Gasteiger partial charge in [-0.2, -0.15) is 10.2 Å². The molecule has 6 heteroatoms. The molecule has 2 aromatic heterocycles. The van der Waals surface area contributed by atoms with E-state index in [1.807, 2.05) is 48.0 Å². The van der Waals surface area contributed by atoms with Crippen LogP contribution in [0.5, 0.6) is 0 Å². The second kappa shape index (κ2) is 8.49. The number of fused-ring (bicyclic) bond motifs is 1. The van der Waals surface area contributed by atoms with Crippen molar-refractivity contribution in [2.45, 2.75) is 13.8 Å². The average Bonchev–Trinajstić information content (AvgIpc) is 3.03. The third-order valence-electron chi connectivity index (χ3n) is 4.14. The van der Waals surface area contributed by atoms with Gasteiger partial charge in [0.05, 0.1) is 29.7 Å². The minimum atomic E-state index is 0. The lowest BCUT2D eigenvalue weighted by Gasteiger charge is -2.24. The third-order valence-corrected chi connectivity index (χ3v) is 4.14. The summed E-state index contributed by atoms with van der Waals surface area (Å²) in [6.07, 6.45) is 1.81. The van der Waals surface area contributed by atoms with Crippen molar-refractivity contribution in [3.05, 3.63) is 59.8 Å². The lowest BCUT2D eigenvalue weighted by atomic mass is 10.2. The summed E-state index contributed by atoms with van der Waals surface area (Å²) in [5.41, 5.74) is 7.14. The average molecular weight is 353 g/mol. The fourth-order valence-corrected chi connectivity index (χ4v) is 2.85. The molecule has 1 N–H and O–H groups in total. The van der Waals surface area contributed by atoms with Crippen LogP contribution in [0.2, 0.25) is 0 Å². The van der Waals surface area contributed by atoms with Crippen molar-refractivity contribution in [1.82, 2.24) is 9.61 Å². The largest absolute Gasteiger partial charge is 0.383 e. The molecule has 0 radical (unpaired) electrons. The summed E-state index contributed by atoms with van der Waals surface area (Å²) in [4.78, 5) is 2.25. The van der Waals surface area contributed by atoms with Crippen LogP contribution in [-0.2, 0) is 4.74 Å². The number of hydrogen-bond acceptors (Lipinski definition) is 5. The Kier molecular flexibility index (Phi) is 5.86. The highest BCUT2D eigenvalue weighted by Gasteiger charge is 2.12. The number of ether oxygens (including phenoxy) is 1.